The smallest absolute Gasteiger partial charge is 0.168 e. The summed E-state index contributed by atoms with van der Waals surface area (Å²) in [5.74, 6) is 0.240. The van der Waals surface area contributed by atoms with Gasteiger partial charge in [-0.1, -0.05) is 37.8 Å². The van der Waals surface area contributed by atoms with Crippen LogP contribution >= 0.6 is 0 Å². The molecule has 1 aliphatic rings. The summed E-state index contributed by atoms with van der Waals surface area (Å²) in [4.78, 5) is 12.3. The standard InChI is InChI=1S/C14H24O2/c1-4-16-14(13(15)11-12(2)3)9-7-5-6-8-10-14/h2,4-11H2,1,3H3. The summed E-state index contributed by atoms with van der Waals surface area (Å²) in [7, 11) is 0. The number of carbonyl (C=O) groups excluding carboxylic acids is 1. The lowest BCUT2D eigenvalue weighted by atomic mass is 9.86. The molecule has 1 aliphatic carbocycles. The summed E-state index contributed by atoms with van der Waals surface area (Å²) < 4.78 is 5.82. The van der Waals surface area contributed by atoms with Crippen LogP contribution in [0.15, 0.2) is 12.2 Å². The Hall–Kier alpha value is -0.630. The number of ketones is 1. The van der Waals surface area contributed by atoms with Crippen molar-refractivity contribution in [1.29, 1.82) is 0 Å². The van der Waals surface area contributed by atoms with Crippen LogP contribution in [0.25, 0.3) is 0 Å². The van der Waals surface area contributed by atoms with E-state index in [1.165, 1.54) is 12.8 Å². The van der Waals surface area contributed by atoms with Gasteiger partial charge in [0, 0.05) is 13.0 Å². The second-order valence-corrected chi connectivity index (χ2v) is 4.90. The van der Waals surface area contributed by atoms with Crippen molar-refractivity contribution in [2.75, 3.05) is 6.61 Å². The van der Waals surface area contributed by atoms with Crippen LogP contribution < -0.4 is 0 Å². The van der Waals surface area contributed by atoms with Gasteiger partial charge in [0.25, 0.3) is 0 Å². The number of carbonyl (C=O) groups is 1. The molecule has 0 bridgehead atoms. The highest BCUT2D eigenvalue weighted by molar-refractivity contribution is 5.89. The van der Waals surface area contributed by atoms with Crippen molar-refractivity contribution in [3.8, 4) is 0 Å². The fraction of sp³-hybridized carbons (Fsp3) is 0.786. The van der Waals surface area contributed by atoms with Crippen molar-refractivity contribution in [2.24, 2.45) is 0 Å². The van der Waals surface area contributed by atoms with Crippen molar-refractivity contribution in [2.45, 2.75) is 64.4 Å². The van der Waals surface area contributed by atoms with Crippen LogP contribution in [0.4, 0.5) is 0 Å². The number of ether oxygens (including phenoxy) is 1. The Kier molecular flexibility index (Phi) is 5.20. The van der Waals surface area contributed by atoms with Crippen LogP contribution in [0.1, 0.15) is 58.8 Å². The number of allylic oxidation sites excluding steroid dienone is 1. The molecule has 0 radical (unpaired) electrons. The maximum absolute atomic E-state index is 12.3. The first-order chi connectivity index (χ1) is 7.60. The zero-order valence-corrected chi connectivity index (χ0v) is 10.7. The van der Waals surface area contributed by atoms with Gasteiger partial charge in [-0.05, 0) is 26.7 Å². The molecule has 0 atom stereocenters. The third kappa shape index (κ3) is 3.44. The molecule has 1 rings (SSSR count). The molecule has 0 spiro atoms. The van der Waals surface area contributed by atoms with Gasteiger partial charge in [-0.3, -0.25) is 4.79 Å². The lowest BCUT2D eigenvalue weighted by Gasteiger charge is -2.31. The molecule has 0 N–H and O–H groups in total. The summed E-state index contributed by atoms with van der Waals surface area (Å²) >= 11 is 0. The second-order valence-electron chi connectivity index (χ2n) is 4.90. The number of rotatable bonds is 5. The Balaban J connectivity index is 2.76. The highest BCUT2D eigenvalue weighted by Gasteiger charge is 2.38. The summed E-state index contributed by atoms with van der Waals surface area (Å²) in [5.41, 5.74) is 0.442. The molecule has 92 valence electrons. The molecule has 0 aromatic heterocycles. The van der Waals surface area contributed by atoms with E-state index < -0.39 is 5.60 Å². The lowest BCUT2D eigenvalue weighted by molar-refractivity contribution is -0.145. The van der Waals surface area contributed by atoms with E-state index in [9.17, 15) is 4.79 Å². The van der Waals surface area contributed by atoms with Crippen LogP contribution in [-0.4, -0.2) is 18.0 Å². The average Bonchev–Trinajstić information content (AvgIpc) is 2.44. The van der Waals surface area contributed by atoms with Crippen molar-refractivity contribution in [1.82, 2.24) is 0 Å². The molecule has 0 aromatic rings. The van der Waals surface area contributed by atoms with Gasteiger partial charge in [0.15, 0.2) is 5.78 Å². The van der Waals surface area contributed by atoms with Gasteiger partial charge < -0.3 is 4.74 Å². The molecule has 0 amide bonds. The van der Waals surface area contributed by atoms with Crippen LogP contribution in [0.5, 0.6) is 0 Å². The van der Waals surface area contributed by atoms with Gasteiger partial charge >= 0.3 is 0 Å². The molecule has 0 aliphatic heterocycles. The topological polar surface area (TPSA) is 26.3 Å². The third-order valence-electron chi connectivity index (χ3n) is 3.30. The van der Waals surface area contributed by atoms with E-state index in [0.29, 0.717) is 13.0 Å². The maximum Gasteiger partial charge on any atom is 0.168 e. The van der Waals surface area contributed by atoms with Crippen LogP contribution in [0.2, 0.25) is 0 Å². The molecule has 0 saturated heterocycles. The zero-order chi connectivity index (χ0) is 12.0. The van der Waals surface area contributed by atoms with Gasteiger partial charge in [0.1, 0.15) is 5.60 Å². The van der Waals surface area contributed by atoms with E-state index in [1.807, 2.05) is 13.8 Å². The summed E-state index contributed by atoms with van der Waals surface area (Å²) in [6.45, 7) is 8.34. The highest BCUT2D eigenvalue weighted by atomic mass is 16.5. The van der Waals surface area contributed by atoms with Gasteiger partial charge in [-0.15, -0.1) is 0 Å². The van der Waals surface area contributed by atoms with Crippen LogP contribution in [0, 0.1) is 0 Å². The minimum absolute atomic E-state index is 0.240. The molecular weight excluding hydrogens is 200 g/mol. The van der Waals surface area contributed by atoms with Crippen molar-refractivity contribution in [3.05, 3.63) is 12.2 Å². The molecule has 16 heavy (non-hydrogen) atoms. The minimum atomic E-state index is -0.496. The number of hydrogen-bond donors (Lipinski definition) is 0. The predicted molar refractivity (Wildman–Crippen MR) is 66.5 cm³/mol. The molecule has 2 nitrogen and oxygen atoms in total. The van der Waals surface area contributed by atoms with Gasteiger partial charge in [-0.25, -0.2) is 0 Å². The van der Waals surface area contributed by atoms with E-state index in [-0.39, 0.29) is 5.78 Å². The van der Waals surface area contributed by atoms with E-state index in [0.717, 1.165) is 31.3 Å². The SMILES string of the molecule is C=C(C)CC(=O)C1(OCC)CCCCCC1. The monoisotopic (exact) mass is 224 g/mol. The van der Waals surface area contributed by atoms with Crippen LogP contribution in [-0.2, 0) is 9.53 Å². The van der Waals surface area contributed by atoms with E-state index >= 15 is 0 Å². The molecule has 0 unspecified atom stereocenters. The van der Waals surface area contributed by atoms with Crippen molar-refractivity contribution >= 4 is 5.78 Å². The first-order valence-corrected chi connectivity index (χ1v) is 6.42. The fourth-order valence-corrected chi connectivity index (χ4v) is 2.51. The fourth-order valence-electron chi connectivity index (χ4n) is 2.51. The van der Waals surface area contributed by atoms with E-state index in [2.05, 4.69) is 6.58 Å². The summed E-state index contributed by atoms with van der Waals surface area (Å²) in [6.07, 6.45) is 6.95. The largest absolute Gasteiger partial charge is 0.367 e. The molecule has 1 fully saturated rings. The summed E-state index contributed by atoms with van der Waals surface area (Å²) in [6, 6.07) is 0. The van der Waals surface area contributed by atoms with Gasteiger partial charge in [0.05, 0.1) is 0 Å². The van der Waals surface area contributed by atoms with Gasteiger partial charge in [0.2, 0.25) is 0 Å². The number of hydrogen-bond acceptors (Lipinski definition) is 2. The average molecular weight is 224 g/mol. The van der Waals surface area contributed by atoms with E-state index in [4.69, 9.17) is 4.74 Å². The van der Waals surface area contributed by atoms with Crippen molar-refractivity contribution < 1.29 is 9.53 Å². The predicted octanol–water partition coefficient (Wildman–Crippen LogP) is 3.65. The molecule has 1 saturated carbocycles. The highest BCUT2D eigenvalue weighted by Crippen LogP contribution is 2.33. The zero-order valence-electron chi connectivity index (χ0n) is 10.7. The Morgan fingerprint density at radius 1 is 1.25 bits per heavy atom. The maximum atomic E-state index is 12.3. The van der Waals surface area contributed by atoms with Crippen LogP contribution in [0.3, 0.4) is 0 Å². The first kappa shape index (κ1) is 13.4. The molecule has 2 heteroatoms. The Morgan fingerprint density at radius 3 is 2.25 bits per heavy atom. The lowest BCUT2D eigenvalue weighted by Crippen LogP contribution is -2.41. The summed E-state index contributed by atoms with van der Waals surface area (Å²) in [5, 5.41) is 0. The van der Waals surface area contributed by atoms with Gasteiger partial charge in [-0.2, -0.15) is 0 Å². The molecule has 0 heterocycles. The normalized spacial score (nSPS) is 20.1. The quantitative estimate of drug-likeness (QED) is 0.526. The van der Waals surface area contributed by atoms with E-state index in [1.54, 1.807) is 0 Å². The minimum Gasteiger partial charge on any atom is -0.367 e. The second kappa shape index (κ2) is 6.19. The Labute approximate surface area is 99.1 Å². The third-order valence-corrected chi connectivity index (χ3v) is 3.30. The first-order valence-electron chi connectivity index (χ1n) is 6.42. The number of Topliss-reactive ketones (excluding diaryl/α,β-unsaturated/α-hetero) is 1. The van der Waals surface area contributed by atoms with Crippen molar-refractivity contribution in [3.63, 3.8) is 0 Å². The molecule has 0 aromatic carbocycles. The molecular formula is C14H24O2. The Bertz CT molecular complexity index is 247. The Morgan fingerprint density at radius 2 is 1.81 bits per heavy atom.